The number of nitrogens with zero attached hydrogens (tertiary/aromatic N) is 1. The van der Waals surface area contributed by atoms with Gasteiger partial charge >= 0.3 is 0 Å². The van der Waals surface area contributed by atoms with Gasteiger partial charge in [-0.3, -0.25) is 5.32 Å². The lowest BCUT2D eigenvalue weighted by Gasteiger charge is -2.41. The second-order valence-corrected chi connectivity index (χ2v) is 5.96. The summed E-state index contributed by atoms with van der Waals surface area (Å²) in [5, 5.41) is 21.4. The Morgan fingerprint density at radius 1 is 1.19 bits per heavy atom. The summed E-state index contributed by atoms with van der Waals surface area (Å²) in [6.45, 7) is 0.0616. The van der Waals surface area contributed by atoms with Crippen molar-refractivity contribution in [2.45, 2.75) is 43.7 Å². The van der Waals surface area contributed by atoms with Crippen molar-refractivity contribution in [2.24, 2.45) is 5.92 Å². The van der Waals surface area contributed by atoms with E-state index in [0.29, 0.717) is 5.92 Å². The van der Waals surface area contributed by atoms with Crippen LogP contribution in [0.4, 0.5) is 0 Å². The third-order valence-electron chi connectivity index (χ3n) is 4.59. The fraction of sp³-hybridized carbons (Fsp3) is 0.500. The molecule has 1 aliphatic heterocycles. The van der Waals surface area contributed by atoms with Gasteiger partial charge in [-0.25, -0.2) is 0 Å². The Morgan fingerprint density at radius 3 is 2.52 bits per heavy atom. The van der Waals surface area contributed by atoms with Crippen molar-refractivity contribution in [3.63, 3.8) is 0 Å². The van der Waals surface area contributed by atoms with Crippen molar-refractivity contribution < 1.29 is 5.11 Å². The zero-order chi connectivity index (χ0) is 14.7. The molecule has 3 rings (SSSR count). The number of rotatable bonds is 2. The first-order chi connectivity index (χ1) is 10.3. The van der Waals surface area contributed by atoms with Crippen LogP contribution in [-0.4, -0.2) is 23.8 Å². The molecule has 1 saturated heterocycles. The lowest BCUT2D eigenvalue weighted by Crippen LogP contribution is -2.60. The highest BCUT2D eigenvalue weighted by atomic mass is 16.3. The van der Waals surface area contributed by atoms with Gasteiger partial charge in [-0.15, -0.1) is 0 Å². The summed E-state index contributed by atoms with van der Waals surface area (Å²) in [6.07, 6.45) is 5.10. The maximum atomic E-state index is 9.30. The molecule has 1 aliphatic carbocycles. The van der Waals surface area contributed by atoms with Crippen LogP contribution in [0.25, 0.3) is 0 Å². The molecular formula is C18H20N2O. The first kappa shape index (κ1) is 14.1. The highest BCUT2D eigenvalue weighted by Crippen LogP contribution is 2.31. The van der Waals surface area contributed by atoms with Gasteiger partial charge in [0.15, 0.2) is 0 Å². The highest BCUT2D eigenvalue weighted by molar-refractivity contribution is 5.40. The molecule has 0 radical (unpaired) electrons. The van der Waals surface area contributed by atoms with Gasteiger partial charge in [-0.1, -0.05) is 36.8 Å². The molecule has 2 N–H and O–H groups in total. The fourth-order valence-corrected chi connectivity index (χ4v) is 3.30. The van der Waals surface area contributed by atoms with Crippen LogP contribution in [0, 0.1) is 29.1 Å². The maximum absolute atomic E-state index is 9.30. The lowest BCUT2D eigenvalue weighted by molar-refractivity contribution is 0.151. The van der Waals surface area contributed by atoms with Crippen molar-refractivity contribution >= 4 is 0 Å². The molecule has 0 amide bonds. The van der Waals surface area contributed by atoms with Gasteiger partial charge in [0.1, 0.15) is 6.04 Å². The number of aliphatic hydroxyl groups is 1. The Balaban J connectivity index is 1.70. The molecule has 0 aromatic heterocycles. The van der Waals surface area contributed by atoms with Crippen molar-refractivity contribution in [3.8, 4) is 17.9 Å². The van der Waals surface area contributed by atoms with E-state index in [0.717, 1.165) is 11.1 Å². The van der Waals surface area contributed by atoms with Crippen LogP contribution in [0.1, 0.15) is 42.7 Å². The van der Waals surface area contributed by atoms with Gasteiger partial charge in [-0.2, -0.15) is 5.26 Å². The van der Waals surface area contributed by atoms with E-state index in [1.807, 2.05) is 24.3 Å². The summed E-state index contributed by atoms with van der Waals surface area (Å²) in [6, 6.07) is 10.2. The van der Waals surface area contributed by atoms with Crippen LogP contribution in [0.2, 0.25) is 0 Å². The highest BCUT2D eigenvalue weighted by Gasteiger charge is 2.40. The Labute approximate surface area is 126 Å². The van der Waals surface area contributed by atoms with Crippen LogP contribution in [-0.2, 0) is 0 Å². The largest absolute Gasteiger partial charge is 0.395 e. The van der Waals surface area contributed by atoms with Crippen LogP contribution < -0.4 is 5.32 Å². The molecule has 2 fully saturated rings. The number of hydrogen-bond acceptors (Lipinski definition) is 3. The van der Waals surface area contributed by atoms with Crippen molar-refractivity contribution in [1.82, 2.24) is 5.32 Å². The second kappa shape index (κ2) is 6.31. The van der Waals surface area contributed by atoms with Crippen LogP contribution in [0.15, 0.2) is 24.3 Å². The van der Waals surface area contributed by atoms with Crippen LogP contribution >= 0.6 is 0 Å². The molecule has 3 heteroatoms. The molecule has 108 valence electrons. The standard InChI is InChI=1S/C18H20N2O/c19-11-16-18(17(12-21)20-16)15-9-7-14(8-10-15)6-5-13-3-1-2-4-13/h7-10,13,16-18,20-21H,1-4,12H2/t16?,17-,18+/m1/s1. The number of nitrogens with one attached hydrogen (secondary N) is 1. The minimum Gasteiger partial charge on any atom is -0.395 e. The van der Waals surface area contributed by atoms with Crippen molar-refractivity contribution in [2.75, 3.05) is 6.61 Å². The Kier molecular flexibility index (Phi) is 4.25. The lowest BCUT2D eigenvalue weighted by atomic mass is 9.78. The molecular weight excluding hydrogens is 260 g/mol. The fourth-order valence-electron chi connectivity index (χ4n) is 3.30. The predicted molar refractivity (Wildman–Crippen MR) is 81.4 cm³/mol. The van der Waals surface area contributed by atoms with E-state index in [-0.39, 0.29) is 24.6 Å². The molecule has 1 aromatic rings. The number of aliphatic hydroxyl groups excluding tert-OH is 1. The van der Waals surface area contributed by atoms with E-state index in [1.165, 1.54) is 25.7 Å². The molecule has 1 saturated carbocycles. The van der Waals surface area contributed by atoms with E-state index in [2.05, 4.69) is 23.2 Å². The molecule has 1 heterocycles. The number of nitriles is 1. The van der Waals surface area contributed by atoms with Crippen molar-refractivity contribution in [3.05, 3.63) is 35.4 Å². The first-order valence-electron chi connectivity index (χ1n) is 7.70. The summed E-state index contributed by atoms with van der Waals surface area (Å²) in [7, 11) is 0. The van der Waals surface area contributed by atoms with Gasteiger partial charge in [0.25, 0.3) is 0 Å². The van der Waals surface area contributed by atoms with E-state index < -0.39 is 0 Å². The van der Waals surface area contributed by atoms with Crippen molar-refractivity contribution in [1.29, 1.82) is 5.26 Å². The molecule has 1 unspecified atom stereocenters. The molecule has 2 aliphatic rings. The molecule has 0 bridgehead atoms. The average molecular weight is 280 g/mol. The molecule has 21 heavy (non-hydrogen) atoms. The SMILES string of the molecule is N#CC1N[C@H](CO)[C@H]1c1ccc(C#CC2CCCC2)cc1. The van der Waals surface area contributed by atoms with Crippen LogP contribution in [0.3, 0.4) is 0 Å². The number of hydrogen-bond donors (Lipinski definition) is 2. The summed E-state index contributed by atoms with van der Waals surface area (Å²) >= 11 is 0. The van der Waals surface area contributed by atoms with Crippen LogP contribution in [0.5, 0.6) is 0 Å². The molecule has 1 aromatic carbocycles. The van der Waals surface area contributed by atoms with Gasteiger partial charge in [0.2, 0.25) is 0 Å². The summed E-state index contributed by atoms with van der Waals surface area (Å²) in [5.41, 5.74) is 2.14. The summed E-state index contributed by atoms with van der Waals surface area (Å²) in [4.78, 5) is 0. The minimum atomic E-state index is -0.197. The van der Waals surface area contributed by atoms with E-state index >= 15 is 0 Å². The first-order valence-corrected chi connectivity index (χ1v) is 7.70. The third kappa shape index (κ3) is 2.95. The quantitative estimate of drug-likeness (QED) is 0.816. The molecule has 0 spiro atoms. The second-order valence-electron chi connectivity index (χ2n) is 5.96. The topological polar surface area (TPSA) is 56.0 Å². The number of benzene rings is 1. The van der Waals surface area contributed by atoms with E-state index in [1.54, 1.807) is 0 Å². The monoisotopic (exact) mass is 280 g/mol. The predicted octanol–water partition coefficient (Wildman–Crippen LogP) is 2.17. The smallest absolute Gasteiger partial charge is 0.104 e. The zero-order valence-corrected chi connectivity index (χ0v) is 12.0. The van der Waals surface area contributed by atoms with E-state index in [9.17, 15) is 5.11 Å². The van der Waals surface area contributed by atoms with Gasteiger partial charge < -0.3 is 5.11 Å². The summed E-state index contributed by atoms with van der Waals surface area (Å²) < 4.78 is 0. The Bertz CT molecular complexity index is 584. The van der Waals surface area contributed by atoms with Gasteiger partial charge in [0.05, 0.1) is 12.7 Å². The summed E-state index contributed by atoms with van der Waals surface area (Å²) in [5.74, 6) is 7.27. The Hall–Kier alpha value is -1.81. The third-order valence-corrected chi connectivity index (χ3v) is 4.59. The molecule has 3 atom stereocenters. The van der Waals surface area contributed by atoms with Gasteiger partial charge in [-0.05, 0) is 30.5 Å². The average Bonchev–Trinajstić information content (AvgIpc) is 3.00. The minimum absolute atomic E-state index is 0.00919. The van der Waals surface area contributed by atoms with Gasteiger partial charge in [0, 0.05) is 23.4 Å². The normalized spacial score (nSPS) is 28.3. The zero-order valence-electron chi connectivity index (χ0n) is 12.0. The van der Waals surface area contributed by atoms with E-state index in [4.69, 9.17) is 5.26 Å². The Morgan fingerprint density at radius 2 is 1.90 bits per heavy atom. The molecule has 3 nitrogen and oxygen atoms in total. The maximum Gasteiger partial charge on any atom is 0.104 e.